The fourth-order valence-corrected chi connectivity index (χ4v) is 4.87. The number of rotatable bonds is 6. The predicted molar refractivity (Wildman–Crippen MR) is 106 cm³/mol. The first-order valence-corrected chi connectivity index (χ1v) is 10.1. The number of anilines is 1. The summed E-state index contributed by atoms with van der Waals surface area (Å²) in [7, 11) is 0. The highest BCUT2D eigenvalue weighted by atomic mass is 32.1. The Morgan fingerprint density at radius 1 is 1.07 bits per heavy atom. The van der Waals surface area contributed by atoms with E-state index in [1.165, 1.54) is 23.5 Å². The smallest absolute Gasteiger partial charge is 0.333 e. The van der Waals surface area contributed by atoms with Gasteiger partial charge in [0, 0.05) is 11.3 Å². The molecule has 0 spiro atoms. The van der Waals surface area contributed by atoms with Gasteiger partial charge in [0.1, 0.15) is 5.00 Å². The number of aryl methyl sites for hydroxylation is 1. The van der Waals surface area contributed by atoms with Gasteiger partial charge in [0.2, 0.25) is 5.91 Å². The quantitative estimate of drug-likeness (QED) is 0.675. The first kappa shape index (κ1) is 19.8. The van der Waals surface area contributed by atoms with Crippen LogP contribution in [0.1, 0.15) is 60.8 Å². The number of nitrogens with two attached hydrogens (primary N) is 1. The Morgan fingerprint density at radius 3 is 2.37 bits per heavy atom. The molecule has 0 radical (unpaired) electrons. The Kier molecular flexibility index (Phi) is 5.08. The monoisotopic (exact) mass is 427 g/mol. The van der Waals surface area contributed by atoms with E-state index in [1.54, 1.807) is 12.1 Å². The van der Waals surface area contributed by atoms with Gasteiger partial charge in [-0.3, -0.25) is 19.2 Å². The van der Waals surface area contributed by atoms with E-state index in [9.17, 15) is 24.0 Å². The second-order valence-electron chi connectivity index (χ2n) is 6.89. The van der Waals surface area contributed by atoms with Crippen LogP contribution in [0, 0.1) is 0 Å². The summed E-state index contributed by atoms with van der Waals surface area (Å²) in [5, 5.41) is 3.41. The van der Waals surface area contributed by atoms with E-state index in [-0.39, 0.29) is 24.0 Å². The minimum Gasteiger partial charge on any atom is -0.365 e. The van der Waals surface area contributed by atoms with Gasteiger partial charge < -0.3 is 15.9 Å². The number of carbonyl (C=O) groups excluding carboxylic acids is 5. The van der Waals surface area contributed by atoms with Gasteiger partial charge in [-0.1, -0.05) is 17.2 Å². The Bertz CT molecular complexity index is 1070. The first-order chi connectivity index (χ1) is 14.4. The van der Waals surface area contributed by atoms with Crippen LogP contribution < -0.4 is 11.1 Å². The molecule has 2 aliphatic rings. The predicted octanol–water partition coefficient (Wildman–Crippen LogP) is 1.81. The normalized spacial score (nSPS) is 14.5. The van der Waals surface area contributed by atoms with Crippen LogP contribution in [0.4, 0.5) is 5.00 Å². The summed E-state index contributed by atoms with van der Waals surface area (Å²) >= 11 is 1.31. The molecule has 1 aromatic heterocycles. The Morgan fingerprint density at radius 2 is 1.73 bits per heavy atom. The van der Waals surface area contributed by atoms with Crippen molar-refractivity contribution in [2.24, 2.45) is 5.73 Å². The van der Waals surface area contributed by atoms with Gasteiger partial charge in [0.05, 0.1) is 23.1 Å². The molecule has 4 amide bonds. The number of fused-ring (bicyclic) bond motifs is 2. The standard InChI is InChI=1S/C20H17N3O6S/c21-17(26)16-12-6-3-7-13(12)30-18(16)22-14(24)8-9-15(25)29-23-19(27)10-4-1-2-5-11(10)20(23)28/h1-2,4-5H,3,6-9H2,(H2,21,26)(H,22,24). The fraction of sp³-hybridized carbons (Fsp3) is 0.250. The van der Waals surface area contributed by atoms with Crippen LogP contribution >= 0.6 is 11.3 Å². The maximum atomic E-state index is 12.3. The highest BCUT2D eigenvalue weighted by Crippen LogP contribution is 2.38. The van der Waals surface area contributed by atoms with Gasteiger partial charge in [-0.15, -0.1) is 11.3 Å². The second kappa shape index (κ2) is 7.71. The molecule has 10 heteroatoms. The summed E-state index contributed by atoms with van der Waals surface area (Å²) in [4.78, 5) is 66.4. The van der Waals surface area contributed by atoms with E-state index >= 15 is 0 Å². The highest BCUT2D eigenvalue weighted by Gasteiger charge is 2.38. The van der Waals surface area contributed by atoms with Gasteiger partial charge in [-0.25, -0.2) is 4.79 Å². The lowest BCUT2D eigenvalue weighted by molar-refractivity contribution is -0.168. The molecule has 0 bridgehead atoms. The maximum Gasteiger partial charge on any atom is 0.333 e. The summed E-state index contributed by atoms with van der Waals surface area (Å²) < 4.78 is 0. The number of benzene rings is 1. The zero-order valence-corrected chi connectivity index (χ0v) is 16.5. The second-order valence-corrected chi connectivity index (χ2v) is 7.99. The molecule has 30 heavy (non-hydrogen) atoms. The molecule has 154 valence electrons. The number of carbonyl (C=O) groups is 5. The number of hydroxylamine groups is 2. The van der Waals surface area contributed by atoms with Crippen molar-refractivity contribution in [3.05, 3.63) is 51.4 Å². The molecule has 0 atom stereocenters. The number of nitrogens with one attached hydrogen (secondary N) is 1. The molecule has 2 heterocycles. The highest BCUT2D eigenvalue weighted by molar-refractivity contribution is 7.17. The summed E-state index contributed by atoms with van der Waals surface area (Å²) in [6.45, 7) is 0. The largest absolute Gasteiger partial charge is 0.365 e. The van der Waals surface area contributed by atoms with Crippen LogP contribution in [0.3, 0.4) is 0 Å². The van der Waals surface area contributed by atoms with E-state index in [1.807, 2.05) is 0 Å². The number of hydrogen-bond acceptors (Lipinski definition) is 7. The van der Waals surface area contributed by atoms with E-state index in [4.69, 9.17) is 10.6 Å². The lowest BCUT2D eigenvalue weighted by Gasteiger charge is -2.12. The average Bonchev–Trinajstić information content (AvgIpc) is 3.35. The Balaban J connectivity index is 1.34. The van der Waals surface area contributed by atoms with E-state index in [0.717, 1.165) is 29.7 Å². The molecule has 1 aliphatic carbocycles. The van der Waals surface area contributed by atoms with Crippen LogP contribution in [0.15, 0.2) is 24.3 Å². The molecule has 0 saturated heterocycles. The van der Waals surface area contributed by atoms with Crippen LogP contribution in [0.2, 0.25) is 0 Å². The molecular weight excluding hydrogens is 410 g/mol. The van der Waals surface area contributed by atoms with Gasteiger partial charge in [-0.2, -0.15) is 0 Å². The van der Waals surface area contributed by atoms with Crippen LogP contribution in [-0.2, 0) is 27.3 Å². The molecule has 0 fully saturated rings. The number of amides is 4. The van der Waals surface area contributed by atoms with Crippen LogP contribution in [0.5, 0.6) is 0 Å². The van der Waals surface area contributed by atoms with E-state index in [2.05, 4.69) is 5.32 Å². The van der Waals surface area contributed by atoms with Crippen molar-refractivity contribution in [1.82, 2.24) is 5.06 Å². The minimum absolute atomic E-state index is 0.151. The third kappa shape index (κ3) is 3.45. The van der Waals surface area contributed by atoms with Gasteiger partial charge in [0.25, 0.3) is 17.7 Å². The van der Waals surface area contributed by atoms with Gasteiger partial charge >= 0.3 is 5.97 Å². The maximum absolute atomic E-state index is 12.3. The minimum atomic E-state index is -0.900. The zero-order chi connectivity index (χ0) is 21.4. The molecule has 2 aromatic rings. The van der Waals surface area contributed by atoms with Crippen molar-refractivity contribution >= 4 is 45.9 Å². The van der Waals surface area contributed by atoms with Crippen molar-refractivity contribution in [3.8, 4) is 0 Å². The van der Waals surface area contributed by atoms with Gasteiger partial charge in [-0.05, 0) is 37.0 Å². The topological polar surface area (TPSA) is 136 Å². The number of thiophene rings is 1. The van der Waals surface area contributed by atoms with Crippen molar-refractivity contribution in [1.29, 1.82) is 0 Å². The first-order valence-electron chi connectivity index (χ1n) is 9.29. The lowest BCUT2D eigenvalue weighted by Crippen LogP contribution is -2.32. The van der Waals surface area contributed by atoms with Crippen LogP contribution in [-0.4, -0.2) is 34.7 Å². The molecule has 4 rings (SSSR count). The summed E-state index contributed by atoms with van der Waals surface area (Å²) in [6, 6.07) is 6.12. The fourth-order valence-electron chi connectivity index (χ4n) is 3.56. The third-order valence-corrected chi connectivity index (χ3v) is 6.13. The molecule has 0 unspecified atom stereocenters. The summed E-state index contributed by atoms with van der Waals surface area (Å²) in [5.41, 5.74) is 6.97. The zero-order valence-electron chi connectivity index (χ0n) is 15.7. The lowest BCUT2D eigenvalue weighted by atomic mass is 10.1. The van der Waals surface area contributed by atoms with E-state index < -0.39 is 29.6 Å². The molecule has 3 N–H and O–H groups in total. The molecule has 1 aromatic carbocycles. The molecule has 1 aliphatic heterocycles. The van der Waals surface area contributed by atoms with Crippen molar-refractivity contribution in [2.75, 3.05) is 5.32 Å². The SMILES string of the molecule is NC(=O)c1c(NC(=O)CCC(=O)ON2C(=O)c3ccccc3C2=O)sc2c1CCC2. The van der Waals surface area contributed by atoms with Crippen LogP contribution in [0.25, 0.3) is 0 Å². The number of imide groups is 1. The van der Waals surface area contributed by atoms with Crippen molar-refractivity contribution in [3.63, 3.8) is 0 Å². The van der Waals surface area contributed by atoms with Gasteiger partial charge in [0.15, 0.2) is 0 Å². The summed E-state index contributed by atoms with van der Waals surface area (Å²) in [6.07, 6.45) is 1.92. The number of nitrogens with zero attached hydrogens (tertiary/aromatic N) is 1. The number of primary amides is 1. The number of hydrogen-bond donors (Lipinski definition) is 2. The molecular formula is C20H17N3O6S. The molecule has 0 saturated carbocycles. The van der Waals surface area contributed by atoms with E-state index in [0.29, 0.717) is 15.6 Å². The Labute approximate surface area is 174 Å². The van der Waals surface area contributed by atoms with Crippen molar-refractivity contribution in [2.45, 2.75) is 32.1 Å². The Hall–Kier alpha value is -3.53. The summed E-state index contributed by atoms with van der Waals surface area (Å²) in [5.74, 6) is -3.46. The molecule has 9 nitrogen and oxygen atoms in total. The third-order valence-electron chi connectivity index (χ3n) is 4.93. The van der Waals surface area contributed by atoms with Crippen molar-refractivity contribution < 1.29 is 28.8 Å². The average molecular weight is 427 g/mol.